The molecule has 3 heteroatoms. The average Bonchev–Trinajstić information content (AvgIpc) is 3.27. The van der Waals surface area contributed by atoms with Crippen molar-refractivity contribution in [2.75, 3.05) is 6.61 Å². The standard InChI is InChI=1S/C22H24O3/c1-15-7-8-19(20-21(15)24-14-22(20)9-10-22)25-18-11-17(12-18)23-13-16-5-3-2-4-6-16/h2-8,17-18H,9-14H2,1H3. The van der Waals surface area contributed by atoms with Crippen molar-refractivity contribution in [2.45, 2.75) is 56.8 Å². The Morgan fingerprint density at radius 1 is 1.04 bits per heavy atom. The number of ether oxygens (including phenoxy) is 3. The first-order valence-electron chi connectivity index (χ1n) is 9.33. The second kappa shape index (κ2) is 5.77. The normalized spacial score (nSPS) is 25.2. The van der Waals surface area contributed by atoms with Crippen LogP contribution in [0.4, 0.5) is 0 Å². The highest BCUT2D eigenvalue weighted by Gasteiger charge is 2.53. The fourth-order valence-electron chi connectivity index (χ4n) is 4.00. The highest BCUT2D eigenvalue weighted by molar-refractivity contribution is 5.58. The van der Waals surface area contributed by atoms with Gasteiger partial charge in [-0.25, -0.2) is 0 Å². The molecular formula is C22H24O3. The molecule has 3 aliphatic rings. The summed E-state index contributed by atoms with van der Waals surface area (Å²) in [4.78, 5) is 0. The molecule has 0 unspecified atom stereocenters. The van der Waals surface area contributed by atoms with E-state index in [1.165, 1.54) is 29.5 Å². The highest BCUT2D eigenvalue weighted by atomic mass is 16.5. The van der Waals surface area contributed by atoms with Crippen molar-refractivity contribution >= 4 is 0 Å². The van der Waals surface area contributed by atoms with Gasteiger partial charge in [-0.2, -0.15) is 0 Å². The van der Waals surface area contributed by atoms with Gasteiger partial charge >= 0.3 is 0 Å². The van der Waals surface area contributed by atoms with Crippen molar-refractivity contribution in [3.05, 3.63) is 59.2 Å². The van der Waals surface area contributed by atoms with Crippen LogP contribution >= 0.6 is 0 Å². The van der Waals surface area contributed by atoms with Gasteiger partial charge in [-0.05, 0) is 37.0 Å². The van der Waals surface area contributed by atoms with E-state index in [9.17, 15) is 0 Å². The minimum atomic E-state index is 0.254. The maximum atomic E-state index is 6.35. The molecular weight excluding hydrogens is 312 g/mol. The second-order valence-electron chi connectivity index (χ2n) is 7.78. The van der Waals surface area contributed by atoms with Crippen LogP contribution in [0.3, 0.4) is 0 Å². The predicted molar refractivity (Wildman–Crippen MR) is 96.3 cm³/mol. The number of rotatable bonds is 5. The van der Waals surface area contributed by atoms with E-state index in [1.807, 2.05) is 6.07 Å². The fraction of sp³-hybridized carbons (Fsp3) is 0.455. The lowest BCUT2D eigenvalue weighted by Crippen LogP contribution is -2.39. The Morgan fingerprint density at radius 3 is 2.60 bits per heavy atom. The van der Waals surface area contributed by atoms with Gasteiger partial charge in [-0.15, -0.1) is 0 Å². The summed E-state index contributed by atoms with van der Waals surface area (Å²) < 4.78 is 18.3. The predicted octanol–water partition coefficient (Wildman–Crippen LogP) is 4.55. The number of fused-ring (bicyclic) bond motifs is 2. The molecule has 2 fully saturated rings. The van der Waals surface area contributed by atoms with Gasteiger partial charge in [0.25, 0.3) is 0 Å². The Kier molecular flexibility index (Phi) is 3.53. The van der Waals surface area contributed by atoms with E-state index >= 15 is 0 Å². The first kappa shape index (κ1) is 15.3. The largest absolute Gasteiger partial charge is 0.492 e. The molecule has 0 aromatic heterocycles. The van der Waals surface area contributed by atoms with Crippen LogP contribution in [0.25, 0.3) is 0 Å². The lowest BCUT2D eigenvalue weighted by molar-refractivity contribution is -0.0686. The first-order chi connectivity index (χ1) is 12.2. The summed E-state index contributed by atoms with van der Waals surface area (Å²) in [6.07, 6.45) is 4.99. The molecule has 25 heavy (non-hydrogen) atoms. The van der Waals surface area contributed by atoms with Crippen LogP contribution in [0.2, 0.25) is 0 Å². The smallest absolute Gasteiger partial charge is 0.129 e. The SMILES string of the molecule is Cc1ccc(OC2CC(OCc3ccccc3)C2)c2c1OCC21CC1. The Balaban J connectivity index is 1.20. The fourth-order valence-corrected chi connectivity index (χ4v) is 4.00. The molecule has 2 aromatic carbocycles. The van der Waals surface area contributed by atoms with Gasteiger partial charge in [0, 0.05) is 23.8 Å². The molecule has 0 amide bonds. The molecule has 0 radical (unpaired) electrons. The number of hydrogen-bond acceptors (Lipinski definition) is 3. The summed E-state index contributed by atoms with van der Waals surface area (Å²) in [7, 11) is 0. The van der Waals surface area contributed by atoms with Crippen LogP contribution in [0.1, 0.15) is 42.4 Å². The number of hydrogen-bond donors (Lipinski definition) is 0. The van der Waals surface area contributed by atoms with E-state index in [4.69, 9.17) is 14.2 Å². The number of benzene rings is 2. The van der Waals surface area contributed by atoms with Gasteiger partial charge in [0.1, 0.15) is 17.6 Å². The average molecular weight is 336 g/mol. The monoisotopic (exact) mass is 336 g/mol. The quantitative estimate of drug-likeness (QED) is 0.802. The summed E-state index contributed by atoms with van der Waals surface area (Å²) in [6, 6.07) is 14.6. The van der Waals surface area contributed by atoms with Crippen molar-refractivity contribution in [3.63, 3.8) is 0 Å². The van der Waals surface area contributed by atoms with Crippen molar-refractivity contribution < 1.29 is 14.2 Å². The maximum Gasteiger partial charge on any atom is 0.129 e. The van der Waals surface area contributed by atoms with Crippen molar-refractivity contribution in [2.24, 2.45) is 0 Å². The van der Waals surface area contributed by atoms with Gasteiger partial charge in [0.05, 0.1) is 19.3 Å². The van der Waals surface area contributed by atoms with Gasteiger partial charge < -0.3 is 14.2 Å². The zero-order valence-electron chi connectivity index (χ0n) is 14.7. The van der Waals surface area contributed by atoms with E-state index in [1.54, 1.807) is 0 Å². The van der Waals surface area contributed by atoms with E-state index in [0.717, 1.165) is 30.9 Å². The van der Waals surface area contributed by atoms with Crippen molar-refractivity contribution in [3.8, 4) is 11.5 Å². The second-order valence-corrected chi connectivity index (χ2v) is 7.78. The molecule has 1 aliphatic heterocycles. The molecule has 2 saturated carbocycles. The molecule has 2 aromatic rings. The molecule has 2 aliphatic carbocycles. The van der Waals surface area contributed by atoms with Crippen molar-refractivity contribution in [1.29, 1.82) is 0 Å². The van der Waals surface area contributed by atoms with E-state index < -0.39 is 0 Å². The Bertz CT molecular complexity index is 773. The summed E-state index contributed by atoms with van der Waals surface area (Å²) in [5, 5.41) is 0. The van der Waals surface area contributed by atoms with Crippen LogP contribution in [-0.2, 0) is 16.8 Å². The topological polar surface area (TPSA) is 27.7 Å². The lowest BCUT2D eigenvalue weighted by atomic mass is 9.91. The third kappa shape index (κ3) is 2.71. The van der Waals surface area contributed by atoms with Gasteiger partial charge in [-0.1, -0.05) is 36.4 Å². The molecule has 1 spiro atoms. The third-order valence-electron chi connectivity index (χ3n) is 5.87. The molecule has 0 atom stereocenters. The summed E-state index contributed by atoms with van der Waals surface area (Å²) in [6.45, 7) is 3.65. The third-order valence-corrected chi connectivity index (χ3v) is 5.87. The Hall–Kier alpha value is -2.00. The zero-order valence-corrected chi connectivity index (χ0v) is 14.7. The van der Waals surface area contributed by atoms with Gasteiger partial charge in [0.15, 0.2) is 0 Å². The Morgan fingerprint density at radius 2 is 1.84 bits per heavy atom. The summed E-state index contributed by atoms with van der Waals surface area (Å²) in [5.74, 6) is 2.12. The van der Waals surface area contributed by atoms with Crippen LogP contribution in [0.15, 0.2) is 42.5 Å². The highest BCUT2D eigenvalue weighted by Crippen LogP contribution is 2.59. The van der Waals surface area contributed by atoms with Crippen LogP contribution < -0.4 is 9.47 Å². The van der Waals surface area contributed by atoms with Crippen LogP contribution in [0.5, 0.6) is 11.5 Å². The van der Waals surface area contributed by atoms with Gasteiger partial charge in [0.2, 0.25) is 0 Å². The minimum Gasteiger partial charge on any atom is -0.492 e. The van der Waals surface area contributed by atoms with Crippen molar-refractivity contribution in [1.82, 2.24) is 0 Å². The minimum absolute atomic E-state index is 0.254. The number of aryl methyl sites for hydroxylation is 1. The van der Waals surface area contributed by atoms with Crippen LogP contribution in [0, 0.1) is 6.92 Å². The molecule has 0 saturated heterocycles. The maximum absolute atomic E-state index is 6.35. The van der Waals surface area contributed by atoms with E-state index in [2.05, 4.69) is 43.3 Å². The summed E-state index contributed by atoms with van der Waals surface area (Å²) >= 11 is 0. The lowest BCUT2D eigenvalue weighted by Gasteiger charge is -2.35. The van der Waals surface area contributed by atoms with Gasteiger partial charge in [-0.3, -0.25) is 0 Å². The molecule has 0 bridgehead atoms. The summed E-state index contributed by atoms with van der Waals surface area (Å²) in [5.41, 5.74) is 4.05. The molecule has 1 heterocycles. The molecule has 0 N–H and O–H groups in total. The van der Waals surface area contributed by atoms with E-state index in [0.29, 0.717) is 12.7 Å². The molecule has 5 rings (SSSR count). The van der Waals surface area contributed by atoms with E-state index in [-0.39, 0.29) is 11.5 Å². The Labute approximate surface area is 148 Å². The molecule has 130 valence electrons. The zero-order chi connectivity index (χ0) is 16.9. The first-order valence-corrected chi connectivity index (χ1v) is 9.33. The van der Waals surface area contributed by atoms with Crippen LogP contribution in [-0.4, -0.2) is 18.8 Å². The molecule has 3 nitrogen and oxygen atoms in total.